The molecule has 1 fully saturated rings. The summed E-state index contributed by atoms with van der Waals surface area (Å²) >= 11 is 5.87. The summed E-state index contributed by atoms with van der Waals surface area (Å²) in [6, 6.07) is 12.8. The Kier molecular flexibility index (Phi) is 7.10. The summed E-state index contributed by atoms with van der Waals surface area (Å²) in [5.41, 5.74) is 1.32. The summed E-state index contributed by atoms with van der Waals surface area (Å²) in [5.74, 6) is -0.602. The van der Waals surface area contributed by atoms with Crippen LogP contribution in [0.4, 0.5) is 10.1 Å². The lowest BCUT2D eigenvalue weighted by Gasteiger charge is -2.35. The third-order valence-corrected chi connectivity index (χ3v) is 6.97. The second kappa shape index (κ2) is 9.56. The molecule has 0 saturated carbocycles. The molecule has 1 amide bonds. The number of amides is 1. The Morgan fingerprint density at radius 2 is 1.76 bits per heavy atom. The van der Waals surface area contributed by atoms with E-state index in [-0.39, 0.29) is 24.0 Å². The molecule has 156 valence electrons. The predicted octanol–water partition coefficient (Wildman–Crippen LogP) is 2.75. The Hall–Kier alpha value is -2.16. The molecule has 3 rings (SSSR count). The second-order valence-corrected chi connectivity index (χ2v) is 9.32. The molecular formula is C20H23ClFN3O3S. The maximum atomic E-state index is 13.0. The number of anilines is 1. The van der Waals surface area contributed by atoms with Gasteiger partial charge in [0, 0.05) is 49.0 Å². The smallest absolute Gasteiger partial charge is 0.251 e. The normalized spacial score (nSPS) is 15.3. The molecule has 1 heterocycles. The van der Waals surface area contributed by atoms with Crippen LogP contribution in [0.15, 0.2) is 48.5 Å². The molecule has 0 aromatic heterocycles. The summed E-state index contributed by atoms with van der Waals surface area (Å²) in [6.07, 6.45) is 0.326. The Morgan fingerprint density at radius 3 is 2.41 bits per heavy atom. The van der Waals surface area contributed by atoms with Crippen LogP contribution in [0, 0.1) is 5.82 Å². The first-order valence-electron chi connectivity index (χ1n) is 9.37. The highest BCUT2D eigenvalue weighted by Gasteiger charge is 2.26. The van der Waals surface area contributed by atoms with Crippen molar-refractivity contribution in [1.82, 2.24) is 9.62 Å². The van der Waals surface area contributed by atoms with Crippen molar-refractivity contribution >= 4 is 33.2 Å². The quantitative estimate of drug-likeness (QED) is 0.673. The van der Waals surface area contributed by atoms with Gasteiger partial charge in [0.1, 0.15) is 5.82 Å². The predicted molar refractivity (Wildman–Crippen MR) is 112 cm³/mol. The molecular weight excluding hydrogens is 417 g/mol. The van der Waals surface area contributed by atoms with Crippen LogP contribution < -0.4 is 10.2 Å². The van der Waals surface area contributed by atoms with E-state index in [1.165, 1.54) is 16.4 Å². The summed E-state index contributed by atoms with van der Waals surface area (Å²) < 4.78 is 39.6. The Bertz CT molecular complexity index is 946. The molecule has 29 heavy (non-hydrogen) atoms. The van der Waals surface area contributed by atoms with Crippen LogP contribution in [0.1, 0.15) is 16.8 Å². The van der Waals surface area contributed by atoms with Crippen molar-refractivity contribution in [2.24, 2.45) is 0 Å². The van der Waals surface area contributed by atoms with Crippen LogP contribution in [-0.2, 0) is 10.0 Å². The van der Waals surface area contributed by atoms with Crippen molar-refractivity contribution in [3.05, 3.63) is 64.9 Å². The fourth-order valence-electron chi connectivity index (χ4n) is 3.19. The third-order valence-electron chi connectivity index (χ3n) is 4.78. The Morgan fingerprint density at radius 1 is 1.07 bits per heavy atom. The van der Waals surface area contributed by atoms with Crippen LogP contribution in [0.25, 0.3) is 0 Å². The molecule has 1 aliphatic rings. The van der Waals surface area contributed by atoms with Gasteiger partial charge in [0.2, 0.25) is 10.0 Å². The molecule has 1 saturated heterocycles. The van der Waals surface area contributed by atoms with Crippen molar-refractivity contribution in [1.29, 1.82) is 0 Å². The molecule has 1 aliphatic heterocycles. The van der Waals surface area contributed by atoms with E-state index in [9.17, 15) is 17.6 Å². The van der Waals surface area contributed by atoms with Gasteiger partial charge in [-0.05, 0) is 48.9 Å². The fraction of sp³-hybridized carbons (Fsp3) is 0.350. The van der Waals surface area contributed by atoms with Crippen molar-refractivity contribution < 1.29 is 17.6 Å². The van der Waals surface area contributed by atoms with E-state index < -0.39 is 10.0 Å². The molecule has 0 spiro atoms. The van der Waals surface area contributed by atoms with Crippen LogP contribution in [0.5, 0.6) is 0 Å². The van der Waals surface area contributed by atoms with Gasteiger partial charge < -0.3 is 10.2 Å². The molecule has 0 unspecified atom stereocenters. The van der Waals surface area contributed by atoms with E-state index in [0.717, 1.165) is 5.69 Å². The highest BCUT2D eigenvalue weighted by molar-refractivity contribution is 7.89. The number of halogens is 2. The minimum Gasteiger partial charge on any atom is -0.369 e. The zero-order valence-corrected chi connectivity index (χ0v) is 17.4. The molecule has 9 heteroatoms. The van der Waals surface area contributed by atoms with E-state index in [2.05, 4.69) is 5.32 Å². The number of nitrogens with one attached hydrogen (secondary N) is 1. The molecule has 2 aromatic carbocycles. The van der Waals surface area contributed by atoms with Gasteiger partial charge in [-0.15, -0.1) is 0 Å². The number of benzene rings is 2. The number of carbonyl (C=O) groups is 1. The molecule has 0 bridgehead atoms. The van der Waals surface area contributed by atoms with Crippen molar-refractivity contribution in [3.63, 3.8) is 0 Å². The highest BCUT2D eigenvalue weighted by Crippen LogP contribution is 2.18. The molecule has 2 aromatic rings. The maximum Gasteiger partial charge on any atom is 0.251 e. The highest BCUT2D eigenvalue weighted by atomic mass is 35.5. The number of carbonyl (C=O) groups excluding carboxylic acids is 1. The minimum absolute atomic E-state index is 0.0284. The van der Waals surface area contributed by atoms with Gasteiger partial charge in [0.15, 0.2) is 0 Å². The lowest BCUT2D eigenvalue weighted by atomic mass is 10.2. The van der Waals surface area contributed by atoms with Crippen molar-refractivity contribution in [2.75, 3.05) is 43.4 Å². The Labute approximate surface area is 175 Å². The van der Waals surface area contributed by atoms with E-state index in [4.69, 9.17) is 11.6 Å². The molecule has 0 radical (unpaired) electrons. The van der Waals surface area contributed by atoms with E-state index in [0.29, 0.717) is 43.2 Å². The van der Waals surface area contributed by atoms with E-state index >= 15 is 0 Å². The average molecular weight is 440 g/mol. The van der Waals surface area contributed by atoms with Gasteiger partial charge in [0.05, 0.1) is 5.75 Å². The second-order valence-electron chi connectivity index (χ2n) is 6.80. The lowest BCUT2D eigenvalue weighted by Crippen LogP contribution is -2.49. The standard InChI is InChI=1S/C20H23ClFN3O3S/c21-17-4-1-3-16(15-17)20(26)23-9-2-14-29(27,28)25-12-10-24(11-13-25)19-7-5-18(22)6-8-19/h1,3-8,15H,2,9-14H2,(H,23,26). The summed E-state index contributed by atoms with van der Waals surface area (Å²) in [7, 11) is -3.39. The largest absolute Gasteiger partial charge is 0.369 e. The minimum atomic E-state index is -3.39. The molecule has 1 N–H and O–H groups in total. The van der Waals surface area contributed by atoms with E-state index in [1.807, 2.05) is 4.90 Å². The number of hydrogen-bond acceptors (Lipinski definition) is 4. The topological polar surface area (TPSA) is 69.7 Å². The SMILES string of the molecule is O=C(NCCCS(=O)(=O)N1CCN(c2ccc(F)cc2)CC1)c1cccc(Cl)c1. The lowest BCUT2D eigenvalue weighted by molar-refractivity contribution is 0.0953. The van der Waals surface area contributed by atoms with Crippen LogP contribution in [-0.4, -0.2) is 57.1 Å². The van der Waals surface area contributed by atoms with Gasteiger partial charge in [-0.2, -0.15) is 4.31 Å². The Balaban J connectivity index is 1.43. The van der Waals surface area contributed by atoms with Crippen molar-refractivity contribution in [2.45, 2.75) is 6.42 Å². The number of rotatable bonds is 7. The zero-order valence-electron chi connectivity index (χ0n) is 15.9. The van der Waals surface area contributed by atoms with Gasteiger partial charge in [-0.1, -0.05) is 17.7 Å². The first-order valence-corrected chi connectivity index (χ1v) is 11.4. The number of piperazine rings is 1. The van der Waals surface area contributed by atoms with Crippen LogP contribution >= 0.6 is 11.6 Å². The number of hydrogen-bond donors (Lipinski definition) is 1. The third kappa shape index (κ3) is 5.91. The maximum absolute atomic E-state index is 13.0. The van der Waals surface area contributed by atoms with Crippen LogP contribution in [0.3, 0.4) is 0 Å². The average Bonchev–Trinajstić information content (AvgIpc) is 2.72. The summed E-state index contributed by atoms with van der Waals surface area (Å²) in [5, 5.41) is 3.19. The van der Waals surface area contributed by atoms with Gasteiger partial charge in [-0.25, -0.2) is 12.8 Å². The summed E-state index contributed by atoms with van der Waals surface area (Å²) in [6.45, 7) is 2.13. The molecule has 0 aliphatic carbocycles. The molecule has 6 nitrogen and oxygen atoms in total. The molecule has 0 atom stereocenters. The zero-order chi connectivity index (χ0) is 20.9. The summed E-state index contributed by atoms with van der Waals surface area (Å²) in [4.78, 5) is 14.1. The first-order chi connectivity index (χ1) is 13.8. The van der Waals surface area contributed by atoms with Gasteiger partial charge in [-0.3, -0.25) is 4.79 Å². The fourth-order valence-corrected chi connectivity index (χ4v) is 4.87. The number of sulfonamides is 1. The first kappa shape index (κ1) is 21.5. The van der Waals surface area contributed by atoms with Gasteiger partial charge >= 0.3 is 0 Å². The van der Waals surface area contributed by atoms with Gasteiger partial charge in [0.25, 0.3) is 5.91 Å². The monoisotopic (exact) mass is 439 g/mol. The number of nitrogens with zero attached hydrogens (tertiary/aromatic N) is 2. The van der Waals surface area contributed by atoms with Crippen molar-refractivity contribution in [3.8, 4) is 0 Å². The van der Waals surface area contributed by atoms with Crippen LogP contribution in [0.2, 0.25) is 5.02 Å². The van der Waals surface area contributed by atoms with E-state index in [1.54, 1.807) is 36.4 Å².